The monoisotopic (exact) mass is 479 g/mol. The number of aromatic nitrogens is 1. The highest BCUT2D eigenvalue weighted by molar-refractivity contribution is 6.33. The first-order valence-electron chi connectivity index (χ1n) is 11.4. The first kappa shape index (κ1) is 24.2. The van der Waals surface area contributed by atoms with Crippen LogP contribution >= 0.6 is 11.6 Å². The third kappa shape index (κ3) is 6.12. The van der Waals surface area contributed by atoms with Crippen molar-refractivity contribution in [2.45, 2.75) is 6.54 Å². The Bertz CT molecular complexity index is 1110. The van der Waals surface area contributed by atoms with Gasteiger partial charge in [0.25, 0.3) is 5.91 Å². The van der Waals surface area contributed by atoms with Crippen LogP contribution in [0.3, 0.4) is 0 Å². The van der Waals surface area contributed by atoms with E-state index in [0.717, 1.165) is 57.0 Å². The maximum Gasteiger partial charge on any atom is 0.255 e. The minimum absolute atomic E-state index is 0.221. The van der Waals surface area contributed by atoms with Crippen LogP contribution < -0.4 is 11.1 Å². The number of nitrogen functional groups attached to an aromatic ring is 1. The summed E-state index contributed by atoms with van der Waals surface area (Å²) < 4.78 is 5.17. The van der Waals surface area contributed by atoms with Crippen molar-refractivity contribution in [2.75, 3.05) is 57.5 Å². The predicted octanol–water partition coefficient (Wildman–Crippen LogP) is 4.00. The number of amides is 1. The molecule has 1 saturated heterocycles. The van der Waals surface area contributed by atoms with Gasteiger partial charge in [-0.2, -0.15) is 0 Å². The summed E-state index contributed by atoms with van der Waals surface area (Å²) in [5.41, 5.74) is 10.2. The summed E-state index contributed by atoms with van der Waals surface area (Å²) in [5.74, 6) is -0.221. The molecule has 1 aliphatic rings. The van der Waals surface area contributed by atoms with Gasteiger partial charge in [0.05, 0.1) is 28.7 Å². The van der Waals surface area contributed by atoms with Crippen molar-refractivity contribution in [3.63, 3.8) is 0 Å². The van der Waals surface area contributed by atoms with Crippen LogP contribution in [0.2, 0.25) is 5.02 Å². The summed E-state index contributed by atoms with van der Waals surface area (Å²) in [6, 6.07) is 16.4. The third-order valence-corrected chi connectivity index (χ3v) is 6.30. The summed E-state index contributed by atoms with van der Waals surface area (Å²) in [6.07, 6.45) is 1.89. The number of ether oxygens (including phenoxy) is 1. The molecule has 1 aliphatic heterocycles. The van der Waals surface area contributed by atoms with Gasteiger partial charge in [-0.15, -0.1) is 0 Å². The number of nitrogens with zero attached hydrogens (tertiary/aromatic N) is 3. The Morgan fingerprint density at radius 1 is 1.09 bits per heavy atom. The van der Waals surface area contributed by atoms with Crippen LogP contribution in [0.15, 0.2) is 60.8 Å². The second kappa shape index (κ2) is 11.4. The molecule has 0 spiro atoms. The van der Waals surface area contributed by atoms with E-state index in [1.807, 2.05) is 36.5 Å². The molecule has 4 rings (SSSR count). The highest BCUT2D eigenvalue weighted by Gasteiger charge is 2.17. The quantitative estimate of drug-likeness (QED) is 0.475. The van der Waals surface area contributed by atoms with E-state index in [2.05, 4.69) is 20.1 Å². The standard InChI is InChI=1S/C26H30ClN5O2/c1-34-15-14-31-10-12-32(13-11-31)18-19-16-22(27)25(29-17-19)20-6-8-21(9-7-20)26(33)30-24-5-3-2-4-23(24)28/h2-9,16-17H,10-15,18,28H2,1H3,(H,30,33). The fraction of sp³-hybridized carbons (Fsp3) is 0.308. The molecule has 0 bridgehead atoms. The van der Waals surface area contributed by atoms with E-state index >= 15 is 0 Å². The van der Waals surface area contributed by atoms with Gasteiger partial charge in [-0.1, -0.05) is 35.9 Å². The van der Waals surface area contributed by atoms with Gasteiger partial charge in [-0.25, -0.2) is 0 Å². The van der Waals surface area contributed by atoms with Crippen LogP contribution in [0.4, 0.5) is 11.4 Å². The molecule has 0 atom stereocenters. The smallest absolute Gasteiger partial charge is 0.255 e. The Morgan fingerprint density at radius 3 is 2.47 bits per heavy atom. The molecule has 1 aromatic heterocycles. The van der Waals surface area contributed by atoms with Gasteiger partial charge in [-0.05, 0) is 35.9 Å². The van der Waals surface area contributed by atoms with E-state index in [9.17, 15) is 4.79 Å². The largest absolute Gasteiger partial charge is 0.397 e. The predicted molar refractivity (Wildman–Crippen MR) is 137 cm³/mol. The zero-order chi connectivity index (χ0) is 23.9. The molecule has 2 aromatic carbocycles. The number of benzene rings is 2. The maximum absolute atomic E-state index is 12.6. The van der Waals surface area contributed by atoms with Crippen molar-refractivity contribution in [1.29, 1.82) is 0 Å². The lowest BCUT2D eigenvalue weighted by Gasteiger charge is -2.34. The van der Waals surface area contributed by atoms with Gasteiger partial charge in [0, 0.05) is 63.7 Å². The number of anilines is 2. The van der Waals surface area contributed by atoms with Crippen LogP contribution in [-0.2, 0) is 11.3 Å². The van der Waals surface area contributed by atoms with Gasteiger partial charge < -0.3 is 15.8 Å². The zero-order valence-corrected chi connectivity index (χ0v) is 20.1. The summed E-state index contributed by atoms with van der Waals surface area (Å²) >= 11 is 6.59. The van der Waals surface area contributed by atoms with Crippen molar-refractivity contribution >= 4 is 28.9 Å². The number of carbonyl (C=O) groups excluding carboxylic acids is 1. The van der Waals surface area contributed by atoms with Gasteiger partial charge in [0.15, 0.2) is 0 Å². The van der Waals surface area contributed by atoms with Gasteiger partial charge in [0.1, 0.15) is 0 Å². The van der Waals surface area contributed by atoms with E-state index < -0.39 is 0 Å². The molecule has 34 heavy (non-hydrogen) atoms. The average Bonchev–Trinajstić information content (AvgIpc) is 2.85. The summed E-state index contributed by atoms with van der Waals surface area (Å²) in [4.78, 5) is 22.0. The molecule has 0 unspecified atom stereocenters. The molecule has 0 radical (unpaired) electrons. The number of nitrogens with one attached hydrogen (secondary N) is 1. The maximum atomic E-state index is 12.6. The molecule has 3 aromatic rings. The van der Waals surface area contributed by atoms with Crippen LogP contribution in [-0.4, -0.2) is 67.1 Å². The zero-order valence-electron chi connectivity index (χ0n) is 19.3. The minimum Gasteiger partial charge on any atom is -0.397 e. The van der Waals surface area contributed by atoms with Gasteiger partial charge >= 0.3 is 0 Å². The lowest BCUT2D eigenvalue weighted by atomic mass is 10.1. The molecule has 7 nitrogen and oxygen atoms in total. The van der Waals surface area contributed by atoms with E-state index in [-0.39, 0.29) is 5.91 Å². The minimum atomic E-state index is -0.221. The number of nitrogens with two attached hydrogens (primary N) is 1. The highest BCUT2D eigenvalue weighted by Crippen LogP contribution is 2.27. The van der Waals surface area contributed by atoms with Gasteiger partial charge in [-0.3, -0.25) is 19.6 Å². The molecule has 0 saturated carbocycles. The lowest BCUT2D eigenvalue weighted by Crippen LogP contribution is -2.46. The van der Waals surface area contributed by atoms with E-state index in [0.29, 0.717) is 27.7 Å². The molecule has 8 heteroatoms. The number of hydrogen-bond acceptors (Lipinski definition) is 6. The SMILES string of the molecule is COCCN1CCN(Cc2cnc(-c3ccc(C(=O)Nc4ccccc4N)cc3)c(Cl)c2)CC1. The molecule has 0 aliphatic carbocycles. The Labute approximate surface area is 205 Å². The lowest BCUT2D eigenvalue weighted by molar-refractivity contribution is 0.0938. The highest BCUT2D eigenvalue weighted by atomic mass is 35.5. The number of hydrogen-bond donors (Lipinski definition) is 2. The second-order valence-electron chi connectivity index (χ2n) is 8.40. The number of pyridine rings is 1. The first-order valence-corrected chi connectivity index (χ1v) is 11.8. The number of methoxy groups -OCH3 is 1. The van der Waals surface area contributed by atoms with Crippen molar-refractivity contribution in [1.82, 2.24) is 14.8 Å². The molecule has 1 fully saturated rings. The van der Waals surface area contributed by atoms with Crippen molar-refractivity contribution < 1.29 is 9.53 Å². The fourth-order valence-electron chi connectivity index (χ4n) is 4.01. The van der Waals surface area contributed by atoms with Crippen LogP contribution in [0, 0.1) is 0 Å². The summed E-state index contributed by atoms with van der Waals surface area (Å²) in [6.45, 7) is 6.69. The number of para-hydroxylation sites is 2. The van der Waals surface area contributed by atoms with Crippen molar-refractivity contribution in [3.05, 3.63) is 76.9 Å². The van der Waals surface area contributed by atoms with Crippen LogP contribution in [0.1, 0.15) is 15.9 Å². The van der Waals surface area contributed by atoms with Gasteiger partial charge in [0.2, 0.25) is 0 Å². The Balaban J connectivity index is 1.36. The Kier molecular flexibility index (Phi) is 8.13. The van der Waals surface area contributed by atoms with E-state index in [1.165, 1.54) is 0 Å². The topological polar surface area (TPSA) is 83.7 Å². The van der Waals surface area contributed by atoms with E-state index in [1.54, 1.807) is 31.4 Å². The van der Waals surface area contributed by atoms with Crippen LogP contribution in [0.5, 0.6) is 0 Å². The number of rotatable bonds is 8. The molecular weight excluding hydrogens is 450 g/mol. The average molecular weight is 480 g/mol. The Morgan fingerprint density at radius 2 is 1.79 bits per heavy atom. The number of piperazine rings is 1. The molecule has 2 heterocycles. The fourth-order valence-corrected chi connectivity index (χ4v) is 4.31. The third-order valence-electron chi connectivity index (χ3n) is 6.01. The number of halogens is 1. The van der Waals surface area contributed by atoms with Crippen molar-refractivity contribution in [2.24, 2.45) is 0 Å². The molecular formula is C26H30ClN5O2. The van der Waals surface area contributed by atoms with E-state index in [4.69, 9.17) is 22.1 Å². The first-order chi connectivity index (χ1) is 16.5. The normalized spacial score (nSPS) is 14.8. The van der Waals surface area contributed by atoms with Crippen molar-refractivity contribution in [3.8, 4) is 11.3 Å². The molecule has 178 valence electrons. The summed E-state index contributed by atoms with van der Waals surface area (Å²) in [5, 5.41) is 3.44. The van der Waals surface area contributed by atoms with Crippen LogP contribution in [0.25, 0.3) is 11.3 Å². The Hall–Kier alpha value is -2.97. The second-order valence-corrected chi connectivity index (χ2v) is 8.81. The number of carbonyl (C=O) groups is 1. The molecule has 3 N–H and O–H groups in total. The molecule has 1 amide bonds. The summed E-state index contributed by atoms with van der Waals surface area (Å²) in [7, 11) is 1.74.